The third-order valence-electron chi connectivity index (χ3n) is 5.06. The van der Waals surface area contributed by atoms with Gasteiger partial charge in [0.2, 0.25) is 0 Å². The van der Waals surface area contributed by atoms with Gasteiger partial charge in [-0.1, -0.05) is 31.4 Å². The van der Waals surface area contributed by atoms with Crippen LogP contribution in [-0.4, -0.2) is 20.2 Å². The number of halogens is 1. The SMILES string of the molecule is CCC1(C(Cc2cc(Cl)ccc2OC)NC)CCCC1. The maximum absolute atomic E-state index is 6.15. The molecule has 0 saturated heterocycles. The molecule has 1 aromatic carbocycles. The fourth-order valence-electron chi connectivity index (χ4n) is 3.78. The van der Waals surface area contributed by atoms with Crippen LogP contribution in [0.3, 0.4) is 0 Å². The summed E-state index contributed by atoms with van der Waals surface area (Å²) < 4.78 is 5.49. The molecule has 3 heteroatoms. The largest absolute Gasteiger partial charge is 0.496 e. The number of methoxy groups -OCH3 is 1. The summed E-state index contributed by atoms with van der Waals surface area (Å²) in [5.41, 5.74) is 1.64. The maximum Gasteiger partial charge on any atom is 0.122 e. The molecule has 0 amide bonds. The van der Waals surface area contributed by atoms with Crippen molar-refractivity contribution in [2.75, 3.05) is 14.2 Å². The Morgan fingerprint density at radius 3 is 2.60 bits per heavy atom. The Bertz CT molecular complexity index is 441. The first kappa shape index (κ1) is 15.7. The van der Waals surface area contributed by atoms with E-state index in [2.05, 4.69) is 19.3 Å². The van der Waals surface area contributed by atoms with E-state index >= 15 is 0 Å². The Morgan fingerprint density at radius 2 is 2.05 bits per heavy atom. The number of ether oxygens (including phenoxy) is 1. The van der Waals surface area contributed by atoms with Gasteiger partial charge >= 0.3 is 0 Å². The average molecular weight is 296 g/mol. The van der Waals surface area contributed by atoms with E-state index < -0.39 is 0 Å². The number of rotatable bonds is 6. The van der Waals surface area contributed by atoms with Crippen LogP contribution in [0.4, 0.5) is 0 Å². The zero-order chi connectivity index (χ0) is 14.6. The molecule has 1 atom stereocenters. The van der Waals surface area contributed by atoms with Crippen LogP contribution in [0.5, 0.6) is 5.75 Å². The molecule has 0 aromatic heterocycles. The molecule has 0 radical (unpaired) electrons. The summed E-state index contributed by atoms with van der Waals surface area (Å²) in [6.45, 7) is 2.32. The molecule has 1 fully saturated rings. The Labute approximate surface area is 127 Å². The molecule has 1 aliphatic carbocycles. The normalized spacial score (nSPS) is 19.0. The smallest absolute Gasteiger partial charge is 0.122 e. The molecule has 0 spiro atoms. The molecule has 2 nitrogen and oxygen atoms in total. The first-order chi connectivity index (χ1) is 9.65. The standard InChI is InChI=1S/C17H26ClNO/c1-4-17(9-5-6-10-17)16(19-2)12-13-11-14(18)7-8-15(13)20-3/h7-8,11,16,19H,4-6,9-10,12H2,1-3H3. The molecular weight excluding hydrogens is 270 g/mol. The van der Waals surface area contributed by atoms with Gasteiger partial charge in [-0.2, -0.15) is 0 Å². The topological polar surface area (TPSA) is 21.3 Å². The van der Waals surface area contributed by atoms with Crippen molar-refractivity contribution in [1.29, 1.82) is 0 Å². The predicted molar refractivity (Wildman–Crippen MR) is 85.7 cm³/mol. The van der Waals surface area contributed by atoms with Crippen molar-refractivity contribution in [3.8, 4) is 5.75 Å². The molecule has 0 aliphatic heterocycles. The van der Waals surface area contributed by atoms with E-state index in [4.69, 9.17) is 16.3 Å². The first-order valence-electron chi connectivity index (χ1n) is 7.65. The van der Waals surface area contributed by atoms with Crippen molar-refractivity contribution in [1.82, 2.24) is 5.32 Å². The Kier molecular flexibility index (Phi) is 5.34. The van der Waals surface area contributed by atoms with Crippen LogP contribution in [-0.2, 0) is 6.42 Å². The van der Waals surface area contributed by atoms with Crippen LogP contribution < -0.4 is 10.1 Å². The van der Waals surface area contributed by atoms with Crippen molar-refractivity contribution >= 4 is 11.6 Å². The Balaban J connectivity index is 2.23. The molecule has 1 N–H and O–H groups in total. The van der Waals surface area contributed by atoms with Crippen LogP contribution in [0, 0.1) is 5.41 Å². The number of nitrogens with one attached hydrogen (secondary N) is 1. The lowest BCUT2D eigenvalue weighted by atomic mass is 9.74. The second-order valence-corrected chi connectivity index (χ2v) is 6.36. The fourth-order valence-corrected chi connectivity index (χ4v) is 3.97. The Morgan fingerprint density at radius 1 is 1.35 bits per heavy atom. The van der Waals surface area contributed by atoms with Crippen molar-refractivity contribution < 1.29 is 4.74 Å². The van der Waals surface area contributed by atoms with Gasteiger partial charge in [-0.05, 0) is 61.9 Å². The van der Waals surface area contributed by atoms with E-state index in [0.29, 0.717) is 11.5 Å². The molecule has 1 aromatic rings. The van der Waals surface area contributed by atoms with E-state index in [-0.39, 0.29) is 0 Å². The average Bonchev–Trinajstić information content (AvgIpc) is 2.95. The van der Waals surface area contributed by atoms with E-state index in [1.54, 1.807) is 7.11 Å². The van der Waals surface area contributed by atoms with Gasteiger partial charge in [0.25, 0.3) is 0 Å². The van der Waals surface area contributed by atoms with E-state index in [9.17, 15) is 0 Å². The number of hydrogen-bond acceptors (Lipinski definition) is 2. The summed E-state index contributed by atoms with van der Waals surface area (Å²) in [6.07, 6.45) is 7.60. The second-order valence-electron chi connectivity index (χ2n) is 5.92. The third-order valence-corrected chi connectivity index (χ3v) is 5.29. The highest BCUT2D eigenvalue weighted by atomic mass is 35.5. The van der Waals surface area contributed by atoms with Crippen molar-refractivity contribution in [2.24, 2.45) is 5.41 Å². The molecule has 1 aliphatic rings. The lowest BCUT2D eigenvalue weighted by Gasteiger charge is -2.37. The summed E-state index contributed by atoms with van der Waals surface area (Å²) in [5, 5.41) is 4.34. The van der Waals surface area contributed by atoms with E-state index in [1.807, 2.05) is 18.2 Å². The fraction of sp³-hybridized carbons (Fsp3) is 0.647. The van der Waals surface area contributed by atoms with Crippen LogP contribution in [0.15, 0.2) is 18.2 Å². The van der Waals surface area contributed by atoms with Gasteiger partial charge in [-0.3, -0.25) is 0 Å². The molecule has 0 heterocycles. The molecule has 1 unspecified atom stereocenters. The summed E-state index contributed by atoms with van der Waals surface area (Å²) in [5.74, 6) is 0.943. The Hall–Kier alpha value is -0.730. The van der Waals surface area contributed by atoms with Crippen LogP contribution in [0.1, 0.15) is 44.6 Å². The minimum atomic E-state index is 0.433. The summed E-state index contributed by atoms with van der Waals surface area (Å²) in [4.78, 5) is 0. The second kappa shape index (κ2) is 6.82. The van der Waals surface area contributed by atoms with Gasteiger partial charge in [0.05, 0.1) is 7.11 Å². The lowest BCUT2D eigenvalue weighted by molar-refractivity contribution is 0.191. The van der Waals surface area contributed by atoms with Crippen LogP contribution >= 0.6 is 11.6 Å². The molecule has 0 bridgehead atoms. The number of likely N-dealkylation sites (N-methyl/N-ethyl adjacent to an activating group) is 1. The van der Waals surface area contributed by atoms with Crippen molar-refractivity contribution in [3.05, 3.63) is 28.8 Å². The highest BCUT2D eigenvalue weighted by Crippen LogP contribution is 2.45. The highest BCUT2D eigenvalue weighted by molar-refractivity contribution is 6.30. The molecule has 112 valence electrons. The van der Waals surface area contributed by atoms with Crippen LogP contribution in [0.25, 0.3) is 0 Å². The highest BCUT2D eigenvalue weighted by Gasteiger charge is 2.39. The monoisotopic (exact) mass is 295 g/mol. The zero-order valence-corrected chi connectivity index (χ0v) is 13.6. The minimum absolute atomic E-state index is 0.433. The third kappa shape index (κ3) is 3.12. The van der Waals surface area contributed by atoms with Crippen LogP contribution in [0.2, 0.25) is 5.02 Å². The lowest BCUT2D eigenvalue weighted by Crippen LogP contribution is -2.43. The molecule has 2 rings (SSSR count). The molecular formula is C17H26ClNO. The molecule has 1 saturated carbocycles. The number of benzene rings is 1. The van der Waals surface area contributed by atoms with Crippen molar-refractivity contribution in [2.45, 2.75) is 51.5 Å². The van der Waals surface area contributed by atoms with Crippen molar-refractivity contribution in [3.63, 3.8) is 0 Å². The van der Waals surface area contributed by atoms with Gasteiger partial charge < -0.3 is 10.1 Å². The zero-order valence-electron chi connectivity index (χ0n) is 12.8. The van der Waals surface area contributed by atoms with Gasteiger partial charge in [-0.25, -0.2) is 0 Å². The first-order valence-corrected chi connectivity index (χ1v) is 8.02. The minimum Gasteiger partial charge on any atom is -0.496 e. The van der Waals surface area contributed by atoms with Gasteiger partial charge in [0, 0.05) is 11.1 Å². The number of hydrogen-bond donors (Lipinski definition) is 1. The van der Waals surface area contributed by atoms with E-state index in [0.717, 1.165) is 17.2 Å². The van der Waals surface area contributed by atoms with Gasteiger partial charge in [0.15, 0.2) is 0 Å². The predicted octanol–water partition coefficient (Wildman–Crippen LogP) is 4.45. The van der Waals surface area contributed by atoms with Gasteiger partial charge in [-0.15, -0.1) is 0 Å². The van der Waals surface area contributed by atoms with Gasteiger partial charge in [0.1, 0.15) is 5.75 Å². The van der Waals surface area contributed by atoms with E-state index in [1.165, 1.54) is 37.7 Å². The quantitative estimate of drug-likeness (QED) is 0.837. The summed E-state index contributed by atoms with van der Waals surface area (Å²) in [7, 11) is 3.81. The summed E-state index contributed by atoms with van der Waals surface area (Å²) in [6, 6.07) is 6.40. The molecule has 20 heavy (non-hydrogen) atoms. The summed E-state index contributed by atoms with van der Waals surface area (Å²) >= 11 is 6.15. The maximum atomic E-state index is 6.15.